The molecule has 0 amide bonds. The Bertz CT molecular complexity index is 478. The summed E-state index contributed by atoms with van der Waals surface area (Å²) in [5.74, 6) is 0. The van der Waals surface area contributed by atoms with Gasteiger partial charge in [-0.15, -0.1) is 0 Å². The van der Waals surface area contributed by atoms with E-state index in [4.69, 9.17) is 0 Å². The van der Waals surface area contributed by atoms with Crippen LogP contribution >= 0.6 is 0 Å². The van der Waals surface area contributed by atoms with Gasteiger partial charge in [0.1, 0.15) is 4.86 Å². The van der Waals surface area contributed by atoms with E-state index in [1.54, 1.807) is 18.2 Å². The molecule has 0 saturated heterocycles. The molecule has 0 aromatic heterocycles. The highest BCUT2D eigenvalue weighted by molar-refractivity contribution is 7.75. The van der Waals surface area contributed by atoms with Crippen LogP contribution in [-0.4, -0.2) is 19.5 Å². The number of hydrogen-bond acceptors (Lipinski definition) is 3. The Hall–Kier alpha value is -1.42. The van der Waals surface area contributed by atoms with Crippen LogP contribution in [0.4, 0.5) is 5.69 Å². The Morgan fingerprint density at radius 1 is 1.17 bits per heavy atom. The molecule has 0 aliphatic carbocycles. The van der Waals surface area contributed by atoms with E-state index < -0.39 is 10.3 Å². The lowest BCUT2D eigenvalue weighted by Gasteiger charge is -1.92. The van der Waals surface area contributed by atoms with Crippen LogP contribution in [0.1, 0.15) is 5.56 Å². The minimum Gasteiger partial charge on any atom is -0.255 e. The second kappa shape index (κ2) is 2.57. The molecular formula is C8H5NO2S. The van der Waals surface area contributed by atoms with E-state index in [9.17, 15) is 8.42 Å². The lowest BCUT2D eigenvalue weighted by Crippen LogP contribution is -1.97. The standard InChI is InChI=1S/C8H5NO2S/c10-12(11)8-5-9-7-4-2-1-3-6(7)8/h1-5H. The van der Waals surface area contributed by atoms with Crippen molar-refractivity contribution in [2.45, 2.75) is 0 Å². The summed E-state index contributed by atoms with van der Waals surface area (Å²) in [6, 6.07) is 7.15. The van der Waals surface area contributed by atoms with E-state index in [0.29, 0.717) is 5.56 Å². The van der Waals surface area contributed by atoms with Crippen LogP contribution in [-0.2, 0) is 10.3 Å². The third kappa shape index (κ3) is 0.967. The molecule has 4 heteroatoms. The number of aliphatic imine (C=N–C) groups is 1. The number of para-hydroxylation sites is 1. The van der Waals surface area contributed by atoms with Crippen molar-refractivity contribution in [3.05, 3.63) is 29.8 Å². The molecule has 1 aromatic carbocycles. The van der Waals surface area contributed by atoms with Crippen LogP contribution in [0.15, 0.2) is 29.3 Å². The third-order valence-electron chi connectivity index (χ3n) is 1.67. The molecule has 3 nitrogen and oxygen atoms in total. The Labute approximate surface area is 70.9 Å². The molecule has 0 N–H and O–H groups in total. The molecular weight excluding hydrogens is 174 g/mol. The summed E-state index contributed by atoms with van der Waals surface area (Å²) >= 11 is 0. The van der Waals surface area contributed by atoms with Gasteiger partial charge in [-0.05, 0) is 6.07 Å². The van der Waals surface area contributed by atoms with Gasteiger partial charge in [-0.1, -0.05) is 18.2 Å². The van der Waals surface area contributed by atoms with Gasteiger partial charge in [-0.25, -0.2) is 0 Å². The summed E-state index contributed by atoms with van der Waals surface area (Å²) in [4.78, 5) is 4.22. The Morgan fingerprint density at radius 3 is 2.67 bits per heavy atom. The summed E-state index contributed by atoms with van der Waals surface area (Å²) in [6.07, 6.45) is 1.37. The molecule has 0 radical (unpaired) electrons. The second-order valence-electron chi connectivity index (χ2n) is 2.37. The third-order valence-corrected chi connectivity index (χ3v) is 2.35. The Morgan fingerprint density at radius 2 is 1.92 bits per heavy atom. The summed E-state index contributed by atoms with van der Waals surface area (Å²) in [5.41, 5.74) is 1.41. The van der Waals surface area contributed by atoms with Gasteiger partial charge in [-0.3, -0.25) is 4.99 Å². The van der Waals surface area contributed by atoms with Crippen LogP contribution in [0.25, 0.3) is 0 Å². The van der Waals surface area contributed by atoms with E-state index in [0.717, 1.165) is 5.69 Å². The largest absolute Gasteiger partial charge is 0.255 e. The Kier molecular flexibility index (Phi) is 1.55. The summed E-state index contributed by atoms with van der Waals surface area (Å²) in [6.45, 7) is 0. The number of benzene rings is 1. The lowest BCUT2D eigenvalue weighted by atomic mass is 10.2. The molecule has 1 aromatic rings. The first kappa shape index (κ1) is 7.24. The maximum atomic E-state index is 10.6. The first-order valence-electron chi connectivity index (χ1n) is 3.39. The maximum absolute atomic E-state index is 10.6. The van der Waals surface area contributed by atoms with Gasteiger partial charge in [-0.2, -0.15) is 8.42 Å². The van der Waals surface area contributed by atoms with Crippen molar-refractivity contribution >= 4 is 27.1 Å². The van der Waals surface area contributed by atoms with Crippen LogP contribution in [0.2, 0.25) is 0 Å². The van der Waals surface area contributed by atoms with Gasteiger partial charge in [0.25, 0.3) is 0 Å². The normalized spacial score (nSPS) is 13.2. The monoisotopic (exact) mass is 179 g/mol. The van der Waals surface area contributed by atoms with Crippen molar-refractivity contribution in [2.24, 2.45) is 4.99 Å². The van der Waals surface area contributed by atoms with Crippen molar-refractivity contribution in [1.82, 2.24) is 0 Å². The minimum absolute atomic E-state index is 0.269. The summed E-state index contributed by atoms with van der Waals surface area (Å²) in [5, 5.41) is 0. The zero-order valence-electron chi connectivity index (χ0n) is 6.06. The summed E-state index contributed by atoms with van der Waals surface area (Å²) < 4.78 is 21.3. The number of hydrogen-bond donors (Lipinski definition) is 0. The van der Waals surface area contributed by atoms with Crippen molar-refractivity contribution < 1.29 is 8.42 Å². The molecule has 1 heterocycles. The molecule has 0 bridgehead atoms. The fourth-order valence-corrected chi connectivity index (χ4v) is 1.62. The van der Waals surface area contributed by atoms with Crippen molar-refractivity contribution in [2.75, 3.05) is 0 Å². The molecule has 2 rings (SSSR count). The van der Waals surface area contributed by atoms with E-state index in [-0.39, 0.29) is 4.86 Å². The molecule has 0 saturated carbocycles. The topological polar surface area (TPSA) is 46.5 Å². The molecule has 60 valence electrons. The average Bonchev–Trinajstić information content (AvgIpc) is 2.47. The van der Waals surface area contributed by atoms with Gasteiger partial charge in [0.05, 0.1) is 11.9 Å². The van der Waals surface area contributed by atoms with Crippen molar-refractivity contribution in [1.29, 1.82) is 0 Å². The lowest BCUT2D eigenvalue weighted by molar-refractivity contribution is 0.627. The van der Waals surface area contributed by atoms with Gasteiger partial charge >= 0.3 is 0 Å². The maximum Gasteiger partial charge on any atom is 0.223 e. The minimum atomic E-state index is -2.18. The van der Waals surface area contributed by atoms with Gasteiger partial charge in [0.15, 0.2) is 0 Å². The molecule has 12 heavy (non-hydrogen) atoms. The van der Waals surface area contributed by atoms with Crippen LogP contribution in [0, 0.1) is 0 Å². The number of fused-ring (bicyclic) bond motifs is 1. The zero-order chi connectivity index (χ0) is 8.55. The van der Waals surface area contributed by atoms with Gasteiger partial charge < -0.3 is 0 Å². The fourth-order valence-electron chi connectivity index (χ4n) is 1.13. The highest BCUT2D eigenvalue weighted by atomic mass is 32.2. The predicted octanol–water partition coefficient (Wildman–Crippen LogP) is 0.802. The van der Waals surface area contributed by atoms with E-state index in [2.05, 4.69) is 4.99 Å². The van der Waals surface area contributed by atoms with Gasteiger partial charge in [0.2, 0.25) is 10.3 Å². The van der Waals surface area contributed by atoms with E-state index in [1.807, 2.05) is 6.07 Å². The van der Waals surface area contributed by atoms with Crippen molar-refractivity contribution in [3.63, 3.8) is 0 Å². The molecule has 0 spiro atoms. The van der Waals surface area contributed by atoms with Crippen LogP contribution in [0.3, 0.4) is 0 Å². The first-order chi connectivity index (χ1) is 5.79. The molecule has 0 atom stereocenters. The quantitative estimate of drug-likeness (QED) is 0.553. The first-order valence-corrected chi connectivity index (χ1v) is 4.46. The van der Waals surface area contributed by atoms with Crippen LogP contribution in [0.5, 0.6) is 0 Å². The fraction of sp³-hybridized carbons (Fsp3) is 0. The molecule has 1 aliphatic rings. The highest BCUT2D eigenvalue weighted by Gasteiger charge is 2.12. The van der Waals surface area contributed by atoms with Gasteiger partial charge in [0, 0.05) is 5.56 Å². The molecule has 1 aliphatic heterocycles. The van der Waals surface area contributed by atoms with E-state index in [1.165, 1.54) is 6.21 Å². The van der Waals surface area contributed by atoms with E-state index >= 15 is 0 Å². The average molecular weight is 179 g/mol. The zero-order valence-corrected chi connectivity index (χ0v) is 6.88. The van der Waals surface area contributed by atoms with Crippen LogP contribution < -0.4 is 0 Å². The second-order valence-corrected chi connectivity index (χ2v) is 3.28. The number of rotatable bonds is 0. The Balaban J connectivity index is 2.81. The van der Waals surface area contributed by atoms with Crippen molar-refractivity contribution in [3.8, 4) is 0 Å². The smallest absolute Gasteiger partial charge is 0.223 e. The number of nitrogens with zero attached hydrogens (tertiary/aromatic N) is 1. The summed E-state index contributed by atoms with van der Waals surface area (Å²) in [7, 11) is -2.18. The molecule has 0 fully saturated rings. The predicted molar refractivity (Wildman–Crippen MR) is 47.6 cm³/mol. The SMILES string of the molecule is O=S(=O)=C1C=Nc2ccccc21. The highest BCUT2D eigenvalue weighted by Crippen LogP contribution is 2.22. The molecule has 0 unspecified atom stereocenters.